The molecule has 2 fully saturated rings. The van der Waals surface area contributed by atoms with Gasteiger partial charge in [0.2, 0.25) is 5.91 Å². The van der Waals surface area contributed by atoms with Gasteiger partial charge in [0, 0.05) is 19.6 Å². The largest absolute Gasteiger partial charge is 0.342 e. The molecule has 1 amide bonds. The minimum absolute atomic E-state index is 0.245. The predicted molar refractivity (Wildman–Crippen MR) is 56.0 cm³/mol. The molecule has 1 atom stereocenters. The predicted octanol–water partition coefficient (Wildman–Crippen LogP) is 0.997. The molecular weight excluding hydrogens is 176 g/mol. The number of hydrogen-bond acceptors (Lipinski definition) is 2. The molecule has 1 N–H and O–H groups in total. The Morgan fingerprint density at radius 3 is 2.57 bits per heavy atom. The van der Waals surface area contributed by atoms with Gasteiger partial charge in [0.1, 0.15) is 0 Å². The molecule has 3 heteroatoms. The quantitative estimate of drug-likeness (QED) is 0.714. The summed E-state index contributed by atoms with van der Waals surface area (Å²) < 4.78 is 0. The van der Waals surface area contributed by atoms with Crippen LogP contribution >= 0.6 is 0 Å². The summed E-state index contributed by atoms with van der Waals surface area (Å²) in [6.45, 7) is 1.97. The van der Waals surface area contributed by atoms with Crippen molar-refractivity contribution in [3.8, 4) is 0 Å². The van der Waals surface area contributed by atoms with Crippen LogP contribution in [0.15, 0.2) is 0 Å². The molecule has 0 spiro atoms. The molecule has 1 aliphatic carbocycles. The second-order valence-electron chi connectivity index (χ2n) is 4.58. The summed E-state index contributed by atoms with van der Waals surface area (Å²) in [6, 6.07) is 0.546. The van der Waals surface area contributed by atoms with Crippen LogP contribution in [0.4, 0.5) is 0 Å². The first kappa shape index (κ1) is 9.97. The minimum atomic E-state index is 0.245. The molecule has 3 nitrogen and oxygen atoms in total. The van der Waals surface area contributed by atoms with Crippen LogP contribution in [0, 0.1) is 5.92 Å². The standard InChI is InChI=1S/C11H20N2O/c1-13(10-5-2-6-10)11(14)9-4-3-7-12-8-9/h9-10,12H,2-8H2,1H3. The molecule has 0 aromatic carbocycles. The van der Waals surface area contributed by atoms with E-state index in [1.54, 1.807) is 0 Å². The van der Waals surface area contributed by atoms with Crippen molar-refractivity contribution in [3.63, 3.8) is 0 Å². The van der Waals surface area contributed by atoms with E-state index in [0.29, 0.717) is 11.9 Å². The average Bonchev–Trinajstić information content (AvgIpc) is 2.15. The zero-order chi connectivity index (χ0) is 9.97. The van der Waals surface area contributed by atoms with E-state index in [0.717, 1.165) is 25.9 Å². The van der Waals surface area contributed by atoms with Gasteiger partial charge in [0.05, 0.1) is 5.92 Å². The van der Waals surface area contributed by atoms with Gasteiger partial charge >= 0.3 is 0 Å². The number of rotatable bonds is 2. The highest BCUT2D eigenvalue weighted by Crippen LogP contribution is 2.25. The van der Waals surface area contributed by atoms with Gasteiger partial charge in [-0.3, -0.25) is 4.79 Å². The number of carbonyl (C=O) groups excluding carboxylic acids is 1. The third-order valence-electron chi connectivity index (χ3n) is 3.62. The molecule has 1 aliphatic heterocycles. The Hall–Kier alpha value is -0.570. The second-order valence-corrected chi connectivity index (χ2v) is 4.58. The first-order valence-electron chi connectivity index (χ1n) is 5.76. The van der Waals surface area contributed by atoms with E-state index in [9.17, 15) is 4.79 Å². The van der Waals surface area contributed by atoms with Crippen molar-refractivity contribution in [3.05, 3.63) is 0 Å². The maximum Gasteiger partial charge on any atom is 0.226 e. The molecular formula is C11H20N2O. The van der Waals surface area contributed by atoms with E-state index in [4.69, 9.17) is 0 Å². The number of nitrogens with zero attached hydrogens (tertiary/aromatic N) is 1. The van der Waals surface area contributed by atoms with Gasteiger partial charge in [0.15, 0.2) is 0 Å². The Labute approximate surface area is 85.8 Å². The zero-order valence-corrected chi connectivity index (χ0v) is 8.96. The smallest absolute Gasteiger partial charge is 0.226 e. The van der Waals surface area contributed by atoms with E-state index in [-0.39, 0.29) is 5.92 Å². The molecule has 0 bridgehead atoms. The molecule has 80 valence electrons. The summed E-state index contributed by atoms with van der Waals surface area (Å²) in [5.74, 6) is 0.608. The molecule has 1 unspecified atom stereocenters. The van der Waals surface area contributed by atoms with Crippen LogP contribution < -0.4 is 5.32 Å². The Bertz CT molecular complexity index is 203. The van der Waals surface area contributed by atoms with Crippen LogP contribution in [-0.4, -0.2) is 37.0 Å². The van der Waals surface area contributed by atoms with Gasteiger partial charge in [-0.05, 0) is 38.6 Å². The first-order valence-corrected chi connectivity index (χ1v) is 5.76. The summed E-state index contributed by atoms with van der Waals surface area (Å²) in [6.07, 6.45) is 5.94. The number of hydrogen-bond donors (Lipinski definition) is 1. The van der Waals surface area contributed by atoms with Gasteiger partial charge in [-0.1, -0.05) is 0 Å². The van der Waals surface area contributed by atoms with E-state index < -0.39 is 0 Å². The highest BCUT2D eigenvalue weighted by molar-refractivity contribution is 5.79. The maximum absolute atomic E-state index is 12.0. The molecule has 14 heavy (non-hydrogen) atoms. The summed E-state index contributed by atoms with van der Waals surface area (Å²) >= 11 is 0. The van der Waals surface area contributed by atoms with Crippen LogP contribution in [-0.2, 0) is 4.79 Å². The lowest BCUT2D eigenvalue weighted by atomic mass is 9.90. The maximum atomic E-state index is 12.0. The number of piperidine rings is 1. The van der Waals surface area contributed by atoms with Gasteiger partial charge in [0.25, 0.3) is 0 Å². The zero-order valence-electron chi connectivity index (χ0n) is 8.96. The number of amides is 1. The van der Waals surface area contributed by atoms with Gasteiger partial charge in [-0.15, -0.1) is 0 Å². The second kappa shape index (κ2) is 4.30. The Kier molecular flexibility index (Phi) is 3.06. The third-order valence-corrected chi connectivity index (χ3v) is 3.62. The van der Waals surface area contributed by atoms with Crippen LogP contribution in [0.1, 0.15) is 32.1 Å². The van der Waals surface area contributed by atoms with Gasteiger partial charge in [-0.25, -0.2) is 0 Å². The van der Waals surface area contributed by atoms with E-state index >= 15 is 0 Å². The lowest BCUT2D eigenvalue weighted by Crippen LogP contribution is -2.47. The highest BCUT2D eigenvalue weighted by Gasteiger charge is 2.30. The van der Waals surface area contributed by atoms with Crippen LogP contribution in [0.3, 0.4) is 0 Å². The summed E-state index contributed by atoms with van der Waals surface area (Å²) in [5, 5.41) is 3.30. The third kappa shape index (κ3) is 1.92. The van der Waals surface area contributed by atoms with Crippen LogP contribution in [0.2, 0.25) is 0 Å². The van der Waals surface area contributed by atoms with Crippen molar-refractivity contribution in [2.45, 2.75) is 38.1 Å². The van der Waals surface area contributed by atoms with Gasteiger partial charge in [-0.2, -0.15) is 0 Å². The summed E-state index contributed by atoms with van der Waals surface area (Å²) in [4.78, 5) is 14.0. The lowest BCUT2D eigenvalue weighted by molar-refractivity contribution is -0.138. The molecule has 1 saturated heterocycles. The number of carbonyl (C=O) groups is 1. The molecule has 0 aromatic heterocycles. The van der Waals surface area contributed by atoms with Crippen LogP contribution in [0.25, 0.3) is 0 Å². The Morgan fingerprint density at radius 2 is 2.07 bits per heavy atom. The molecule has 0 aromatic rings. The van der Waals surface area contributed by atoms with Crippen molar-refractivity contribution in [2.75, 3.05) is 20.1 Å². The monoisotopic (exact) mass is 196 g/mol. The van der Waals surface area contributed by atoms with E-state index in [1.165, 1.54) is 19.3 Å². The van der Waals surface area contributed by atoms with Crippen molar-refractivity contribution >= 4 is 5.91 Å². The lowest BCUT2D eigenvalue weighted by Gasteiger charge is -2.37. The fourth-order valence-corrected chi connectivity index (χ4v) is 2.30. The summed E-state index contributed by atoms with van der Waals surface area (Å²) in [7, 11) is 1.97. The molecule has 1 heterocycles. The van der Waals surface area contributed by atoms with Crippen molar-refractivity contribution in [2.24, 2.45) is 5.92 Å². The SMILES string of the molecule is CN(C(=O)C1CCCNC1)C1CCC1. The fraction of sp³-hybridized carbons (Fsp3) is 0.909. The average molecular weight is 196 g/mol. The topological polar surface area (TPSA) is 32.3 Å². The highest BCUT2D eigenvalue weighted by atomic mass is 16.2. The Balaban J connectivity index is 1.85. The van der Waals surface area contributed by atoms with Crippen molar-refractivity contribution in [1.29, 1.82) is 0 Å². The first-order chi connectivity index (χ1) is 6.79. The Morgan fingerprint density at radius 1 is 1.29 bits per heavy atom. The molecule has 2 rings (SSSR count). The minimum Gasteiger partial charge on any atom is -0.342 e. The molecule has 1 saturated carbocycles. The van der Waals surface area contributed by atoms with E-state index in [2.05, 4.69) is 5.32 Å². The fourth-order valence-electron chi connectivity index (χ4n) is 2.30. The normalized spacial score (nSPS) is 28.2. The van der Waals surface area contributed by atoms with Gasteiger partial charge < -0.3 is 10.2 Å². The molecule has 2 aliphatic rings. The van der Waals surface area contributed by atoms with Crippen molar-refractivity contribution in [1.82, 2.24) is 10.2 Å². The number of nitrogens with one attached hydrogen (secondary N) is 1. The molecule has 0 radical (unpaired) electrons. The van der Waals surface area contributed by atoms with Crippen molar-refractivity contribution < 1.29 is 4.79 Å². The van der Waals surface area contributed by atoms with E-state index in [1.807, 2.05) is 11.9 Å². The van der Waals surface area contributed by atoms with Crippen LogP contribution in [0.5, 0.6) is 0 Å². The summed E-state index contributed by atoms with van der Waals surface area (Å²) in [5.41, 5.74) is 0.